The molecule has 0 aliphatic carbocycles. The summed E-state index contributed by atoms with van der Waals surface area (Å²) in [7, 11) is 0. The number of nitrogens with zero attached hydrogens (tertiary/aromatic N) is 3. The maximum atomic E-state index is 8.51. The fourth-order valence-corrected chi connectivity index (χ4v) is 1.05. The Hall–Kier alpha value is -0.940. The van der Waals surface area contributed by atoms with Gasteiger partial charge in [-0.15, -0.1) is 5.10 Å². The van der Waals surface area contributed by atoms with E-state index in [0.717, 1.165) is 32.5 Å². The van der Waals surface area contributed by atoms with Gasteiger partial charge < -0.3 is 10.4 Å². The number of hydrogen-bond acceptors (Lipinski definition) is 4. The summed E-state index contributed by atoms with van der Waals surface area (Å²) in [5.41, 5.74) is 0. The Balaban J connectivity index is 1.90. The third-order valence-corrected chi connectivity index (χ3v) is 1.72. The molecule has 1 aromatic rings. The number of aryl methyl sites for hydroxylation is 1. The molecule has 1 rings (SSSR count). The predicted octanol–water partition coefficient (Wildman–Crippen LogP) is -0.360. The van der Waals surface area contributed by atoms with Crippen LogP contribution in [0.4, 0.5) is 0 Å². The van der Waals surface area contributed by atoms with E-state index in [2.05, 4.69) is 15.6 Å². The SMILES string of the molecule is OCCCNCCCn1ccnn1. The number of aliphatic hydroxyl groups is 1. The molecule has 2 N–H and O–H groups in total. The summed E-state index contributed by atoms with van der Waals surface area (Å²) in [4.78, 5) is 0. The molecule has 13 heavy (non-hydrogen) atoms. The molecule has 0 saturated heterocycles. The van der Waals surface area contributed by atoms with Crippen LogP contribution in [-0.4, -0.2) is 39.8 Å². The van der Waals surface area contributed by atoms with Gasteiger partial charge in [0.05, 0.1) is 6.20 Å². The molecule has 0 bridgehead atoms. The summed E-state index contributed by atoms with van der Waals surface area (Å²) in [5.74, 6) is 0. The van der Waals surface area contributed by atoms with Gasteiger partial charge in [-0.3, -0.25) is 4.68 Å². The molecule has 0 aliphatic heterocycles. The van der Waals surface area contributed by atoms with Crippen LogP contribution in [0.3, 0.4) is 0 Å². The molecule has 0 radical (unpaired) electrons. The number of hydrogen-bond donors (Lipinski definition) is 2. The van der Waals surface area contributed by atoms with Gasteiger partial charge in [-0.1, -0.05) is 5.21 Å². The number of aliphatic hydroxyl groups excluding tert-OH is 1. The van der Waals surface area contributed by atoms with Crippen LogP contribution in [-0.2, 0) is 6.54 Å². The summed E-state index contributed by atoms with van der Waals surface area (Å²) < 4.78 is 1.81. The van der Waals surface area contributed by atoms with Crippen molar-refractivity contribution in [3.05, 3.63) is 12.4 Å². The van der Waals surface area contributed by atoms with Gasteiger partial charge in [-0.25, -0.2) is 0 Å². The van der Waals surface area contributed by atoms with Gasteiger partial charge in [0.25, 0.3) is 0 Å². The van der Waals surface area contributed by atoms with Crippen molar-refractivity contribution in [3.8, 4) is 0 Å². The minimum Gasteiger partial charge on any atom is -0.396 e. The van der Waals surface area contributed by atoms with Crippen molar-refractivity contribution >= 4 is 0 Å². The van der Waals surface area contributed by atoms with Crippen molar-refractivity contribution in [1.29, 1.82) is 0 Å². The van der Waals surface area contributed by atoms with Crippen molar-refractivity contribution in [2.45, 2.75) is 19.4 Å². The summed E-state index contributed by atoms with van der Waals surface area (Å²) in [5, 5.41) is 19.3. The molecule has 0 aliphatic rings. The highest BCUT2D eigenvalue weighted by atomic mass is 16.3. The van der Waals surface area contributed by atoms with E-state index in [1.807, 2.05) is 10.9 Å². The first-order valence-electron chi connectivity index (χ1n) is 4.59. The summed E-state index contributed by atoms with van der Waals surface area (Å²) >= 11 is 0. The quantitative estimate of drug-likeness (QED) is 0.568. The lowest BCUT2D eigenvalue weighted by Crippen LogP contribution is -2.19. The second kappa shape index (κ2) is 6.56. The highest BCUT2D eigenvalue weighted by molar-refractivity contribution is 4.63. The van der Waals surface area contributed by atoms with Crippen molar-refractivity contribution < 1.29 is 5.11 Å². The molecule has 0 unspecified atom stereocenters. The topological polar surface area (TPSA) is 63.0 Å². The lowest BCUT2D eigenvalue weighted by atomic mass is 10.4. The minimum atomic E-state index is 0.260. The molecule has 0 fully saturated rings. The fourth-order valence-electron chi connectivity index (χ4n) is 1.05. The Morgan fingerprint density at radius 3 is 2.85 bits per heavy atom. The molecular weight excluding hydrogens is 168 g/mol. The van der Waals surface area contributed by atoms with Crippen LogP contribution in [0.5, 0.6) is 0 Å². The number of rotatable bonds is 7. The van der Waals surface area contributed by atoms with Crippen molar-refractivity contribution in [1.82, 2.24) is 20.3 Å². The number of aromatic nitrogens is 3. The van der Waals surface area contributed by atoms with Crippen LogP contribution in [0.2, 0.25) is 0 Å². The molecule has 0 amide bonds. The first kappa shape index (κ1) is 10.1. The third kappa shape index (κ3) is 4.59. The normalized spacial score (nSPS) is 10.5. The van der Waals surface area contributed by atoms with E-state index in [1.54, 1.807) is 6.20 Å². The van der Waals surface area contributed by atoms with Crippen molar-refractivity contribution in [2.75, 3.05) is 19.7 Å². The summed E-state index contributed by atoms with van der Waals surface area (Å²) in [6.45, 7) is 3.00. The van der Waals surface area contributed by atoms with E-state index in [9.17, 15) is 0 Å². The molecule has 0 aromatic carbocycles. The van der Waals surface area contributed by atoms with E-state index in [1.165, 1.54) is 0 Å². The lowest BCUT2D eigenvalue weighted by Gasteiger charge is -2.02. The predicted molar refractivity (Wildman–Crippen MR) is 49.2 cm³/mol. The molecule has 0 atom stereocenters. The van der Waals surface area contributed by atoms with E-state index >= 15 is 0 Å². The zero-order valence-electron chi connectivity index (χ0n) is 7.69. The molecule has 5 nitrogen and oxygen atoms in total. The minimum absolute atomic E-state index is 0.260. The van der Waals surface area contributed by atoms with Crippen LogP contribution in [0.15, 0.2) is 12.4 Å². The van der Waals surface area contributed by atoms with Gasteiger partial charge in [0.1, 0.15) is 0 Å². The molecule has 1 aromatic heterocycles. The van der Waals surface area contributed by atoms with Gasteiger partial charge in [0.2, 0.25) is 0 Å². The summed E-state index contributed by atoms with van der Waals surface area (Å²) in [6.07, 6.45) is 5.39. The van der Waals surface area contributed by atoms with Crippen LogP contribution < -0.4 is 5.32 Å². The maximum Gasteiger partial charge on any atom is 0.0692 e. The first-order valence-corrected chi connectivity index (χ1v) is 4.59. The highest BCUT2D eigenvalue weighted by Gasteiger charge is 1.91. The van der Waals surface area contributed by atoms with Crippen LogP contribution in [0.1, 0.15) is 12.8 Å². The van der Waals surface area contributed by atoms with Crippen molar-refractivity contribution in [3.63, 3.8) is 0 Å². The molecule has 1 heterocycles. The average molecular weight is 184 g/mol. The van der Waals surface area contributed by atoms with Crippen LogP contribution in [0, 0.1) is 0 Å². The van der Waals surface area contributed by atoms with E-state index in [4.69, 9.17) is 5.11 Å². The van der Waals surface area contributed by atoms with Gasteiger partial charge in [-0.2, -0.15) is 0 Å². The van der Waals surface area contributed by atoms with E-state index < -0.39 is 0 Å². The molecule has 0 spiro atoms. The Kier molecular flexibility index (Phi) is 5.12. The lowest BCUT2D eigenvalue weighted by molar-refractivity contribution is 0.286. The first-order chi connectivity index (χ1) is 6.43. The zero-order valence-corrected chi connectivity index (χ0v) is 7.69. The smallest absolute Gasteiger partial charge is 0.0692 e. The Morgan fingerprint density at radius 1 is 1.31 bits per heavy atom. The standard InChI is InChI=1S/C8H16N4O/c13-8-2-4-9-3-1-6-12-7-5-10-11-12/h5,7,9,13H,1-4,6,8H2. The Bertz CT molecular complexity index is 200. The zero-order chi connectivity index (χ0) is 9.36. The van der Waals surface area contributed by atoms with Gasteiger partial charge in [-0.05, 0) is 25.9 Å². The molecule has 5 heteroatoms. The van der Waals surface area contributed by atoms with E-state index in [-0.39, 0.29) is 6.61 Å². The van der Waals surface area contributed by atoms with Gasteiger partial charge in [0, 0.05) is 19.3 Å². The summed E-state index contributed by atoms with van der Waals surface area (Å²) in [6, 6.07) is 0. The van der Waals surface area contributed by atoms with Crippen molar-refractivity contribution in [2.24, 2.45) is 0 Å². The van der Waals surface area contributed by atoms with E-state index in [0.29, 0.717) is 0 Å². The van der Waals surface area contributed by atoms with Gasteiger partial charge >= 0.3 is 0 Å². The highest BCUT2D eigenvalue weighted by Crippen LogP contribution is 1.85. The number of nitrogens with one attached hydrogen (secondary N) is 1. The van der Waals surface area contributed by atoms with Crippen LogP contribution in [0.25, 0.3) is 0 Å². The molecule has 74 valence electrons. The Morgan fingerprint density at radius 2 is 2.15 bits per heavy atom. The van der Waals surface area contributed by atoms with Gasteiger partial charge in [0.15, 0.2) is 0 Å². The second-order valence-corrected chi connectivity index (χ2v) is 2.85. The second-order valence-electron chi connectivity index (χ2n) is 2.85. The average Bonchev–Trinajstić information content (AvgIpc) is 2.63. The monoisotopic (exact) mass is 184 g/mol. The fraction of sp³-hybridized carbons (Fsp3) is 0.750. The molecular formula is C8H16N4O. The Labute approximate surface area is 77.8 Å². The largest absolute Gasteiger partial charge is 0.396 e. The maximum absolute atomic E-state index is 8.51. The third-order valence-electron chi connectivity index (χ3n) is 1.72. The molecule has 0 saturated carbocycles. The van der Waals surface area contributed by atoms with Crippen LogP contribution >= 0.6 is 0 Å².